The fourth-order valence-electron chi connectivity index (χ4n) is 1.49. The van der Waals surface area contributed by atoms with Crippen molar-refractivity contribution in [3.05, 3.63) is 11.7 Å². The molecule has 0 aromatic carbocycles. The van der Waals surface area contributed by atoms with Gasteiger partial charge in [0.2, 0.25) is 5.83 Å². The lowest BCUT2D eigenvalue weighted by Crippen LogP contribution is -2.12. The van der Waals surface area contributed by atoms with E-state index in [0.29, 0.717) is 25.7 Å². The second kappa shape index (κ2) is 3.64. The molecule has 0 aliphatic heterocycles. The lowest BCUT2D eigenvalue weighted by Gasteiger charge is -2.09. The smallest absolute Gasteiger partial charge is 0.208 e. The van der Waals surface area contributed by atoms with Crippen molar-refractivity contribution < 1.29 is 22.0 Å². The molecule has 1 rings (SSSR count). The van der Waals surface area contributed by atoms with Crippen LogP contribution in [0.3, 0.4) is 0 Å². The molecule has 76 valence electrons. The lowest BCUT2D eigenvalue weighted by atomic mass is 10.1. The van der Waals surface area contributed by atoms with Gasteiger partial charge < -0.3 is 0 Å². The number of hydrogen-bond acceptors (Lipinski definition) is 0. The van der Waals surface area contributed by atoms with E-state index in [4.69, 9.17) is 0 Å². The van der Waals surface area contributed by atoms with Gasteiger partial charge >= 0.3 is 6.18 Å². The van der Waals surface area contributed by atoms with Gasteiger partial charge in [0.25, 0.3) is 0 Å². The molecule has 0 nitrogen and oxygen atoms in total. The van der Waals surface area contributed by atoms with Gasteiger partial charge in [0.05, 0.1) is 0 Å². The predicted octanol–water partition coefficient (Wildman–Crippen LogP) is 3.89. The molecule has 0 aromatic rings. The maximum absolute atomic E-state index is 12.8. The second-order valence-corrected chi connectivity index (χ2v) is 3.14. The third kappa shape index (κ3) is 2.42. The number of hydrogen-bond donors (Lipinski definition) is 0. The van der Waals surface area contributed by atoms with Gasteiger partial charge in [0.15, 0.2) is 0 Å². The average molecular weight is 200 g/mol. The highest BCUT2D eigenvalue weighted by molar-refractivity contribution is 5.09. The monoisotopic (exact) mass is 200 g/mol. The molecule has 0 N–H and O–H groups in total. The minimum Gasteiger partial charge on any atom is -0.208 e. The summed E-state index contributed by atoms with van der Waals surface area (Å²) < 4.78 is 60.2. The van der Waals surface area contributed by atoms with Crippen LogP contribution in [0.2, 0.25) is 0 Å². The van der Waals surface area contributed by atoms with E-state index >= 15 is 0 Å². The van der Waals surface area contributed by atoms with E-state index in [1.807, 2.05) is 0 Å². The fourth-order valence-corrected chi connectivity index (χ4v) is 1.49. The van der Waals surface area contributed by atoms with Crippen LogP contribution in [-0.4, -0.2) is 6.18 Å². The first-order valence-electron chi connectivity index (χ1n) is 4.05. The Kier molecular flexibility index (Phi) is 2.93. The fraction of sp³-hybridized carbons (Fsp3) is 0.750. The van der Waals surface area contributed by atoms with Crippen LogP contribution in [0.5, 0.6) is 0 Å². The zero-order chi connectivity index (χ0) is 10.1. The van der Waals surface area contributed by atoms with Crippen LogP contribution in [0.1, 0.15) is 25.7 Å². The van der Waals surface area contributed by atoms with E-state index in [9.17, 15) is 22.0 Å². The topological polar surface area (TPSA) is 0 Å². The predicted molar refractivity (Wildman–Crippen MR) is 37.3 cm³/mol. The molecule has 0 unspecified atom stereocenters. The maximum atomic E-state index is 12.8. The molecule has 1 saturated carbocycles. The number of halogens is 5. The average Bonchev–Trinajstić information content (AvgIpc) is 2.51. The summed E-state index contributed by atoms with van der Waals surface area (Å²) in [5.41, 5.74) is 0. The highest BCUT2D eigenvalue weighted by Crippen LogP contribution is 2.38. The van der Waals surface area contributed by atoms with E-state index in [1.54, 1.807) is 0 Å². The molecule has 0 aromatic heterocycles. The molecule has 0 heterocycles. The van der Waals surface area contributed by atoms with Crippen LogP contribution < -0.4 is 0 Å². The van der Waals surface area contributed by atoms with Gasteiger partial charge in [-0.05, 0) is 12.8 Å². The summed E-state index contributed by atoms with van der Waals surface area (Å²) in [7, 11) is 0. The molecule has 0 saturated heterocycles. The van der Waals surface area contributed by atoms with Gasteiger partial charge in [0, 0.05) is 5.92 Å². The third-order valence-corrected chi connectivity index (χ3v) is 2.17. The van der Waals surface area contributed by atoms with Gasteiger partial charge in [-0.15, -0.1) is 0 Å². The number of alkyl halides is 3. The number of rotatable bonds is 1. The first kappa shape index (κ1) is 10.5. The summed E-state index contributed by atoms with van der Waals surface area (Å²) in [5, 5.41) is 0. The molecular weight excluding hydrogens is 191 g/mol. The highest BCUT2D eigenvalue weighted by Gasteiger charge is 2.40. The van der Waals surface area contributed by atoms with Gasteiger partial charge in [0.1, 0.15) is 5.83 Å². The van der Waals surface area contributed by atoms with Crippen molar-refractivity contribution in [3.63, 3.8) is 0 Å². The van der Waals surface area contributed by atoms with E-state index in [2.05, 4.69) is 0 Å². The Morgan fingerprint density at radius 3 is 1.85 bits per heavy atom. The van der Waals surface area contributed by atoms with Crippen molar-refractivity contribution in [3.8, 4) is 0 Å². The SMILES string of the molecule is F/C(=C(/F)C(F)(F)F)C1CCCC1. The normalized spacial score (nSPS) is 21.9. The van der Waals surface area contributed by atoms with E-state index in [-0.39, 0.29) is 0 Å². The van der Waals surface area contributed by atoms with Crippen molar-refractivity contribution in [1.29, 1.82) is 0 Å². The molecule has 1 fully saturated rings. The zero-order valence-corrected chi connectivity index (χ0v) is 6.80. The van der Waals surface area contributed by atoms with E-state index in [1.165, 1.54) is 0 Å². The molecule has 1 aliphatic carbocycles. The molecule has 0 bridgehead atoms. The van der Waals surface area contributed by atoms with Crippen LogP contribution in [-0.2, 0) is 0 Å². The summed E-state index contributed by atoms with van der Waals surface area (Å²) in [6.45, 7) is 0. The molecule has 0 radical (unpaired) electrons. The minimum absolute atomic E-state index is 0.315. The first-order chi connectivity index (χ1) is 5.93. The molecule has 1 aliphatic rings. The second-order valence-electron chi connectivity index (χ2n) is 3.14. The molecule has 13 heavy (non-hydrogen) atoms. The number of allylic oxidation sites excluding steroid dienone is 2. The summed E-state index contributed by atoms with van der Waals surface area (Å²) in [6.07, 6.45) is -3.20. The molecule has 0 atom stereocenters. The van der Waals surface area contributed by atoms with E-state index < -0.39 is 23.7 Å². The first-order valence-corrected chi connectivity index (χ1v) is 4.05. The van der Waals surface area contributed by atoms with Gasteiger partial charge in [-0.1, -0.05) is 12.8 Å². The van der Waals surface area contributed by atoms with Crippen LogP contribution in [0, 0.1) is 5.92 Å². The Bertz CT molecular complexity index is 209. The van der Waals surface area contributed by atoms with Gasteiger partial charge in [-0.2, -0.15) is 17.6 Å². The summed E-state index contributed by atoms with van der Waals surface area (Å²) in [4.78, 5) is 0. The molecule has 5 heteroatoms. The Balaban J connectivity index is 2.77. The Morgan fingerprint density at radius 1 is 1.00 bits per heavy atom. The third-order valence-electron chi connectivity index (χ3n) is 2.17. The van der Waals surface area contributed by atoms with Crippen LogP contribution in [0.4, 0.5) is 22.0 Å². The quantitative estimate of drug-likeness (QED) is 0.563. The lowest BCUT2D eigenvalue weighted by molar-refractivity contribution is -0.112. The van der Waals surface area contributed by atoms with Crippen molar-refractivity contribution >= 4 is 0 Å². The largest absolute Gasteiger partial charge is 0.445 e. The Morgan fingerprint density at radius 2 is 1.46 bits per heavy atom. The Hall–Kier alpha value is -0.610. The summed E-state index contributed by atoms with van der Waals surface area (Å²) in [5.74, 6) is -5.04. The van der Waals surface area contributed by atoms with Crippen molar-refractivity contribution in [2.75, 3.05) is 0 Å². The van der Waals surface area contributed by atoms with E-state index in [0.717, 1.165) is 0 Å². The van der Waals surface area contributed by atoms with Crippen LogP contribution in [0.25, 0.3) is 0 Å². The summed E-state index contributed by atoms with van der Waals surface area (Å²) in [6, 6.07) is 0. The van der Waals surface area contributed by atoms with Crippen molar-refractivity contribution in [1.82, 2.24) is 0 Å². The van der Waals surface area contributed by atoms with Gasteiger partial charge in [-0.25, -0.2) is 4.39 Å². The Labute approximate surface area is 72.4 Å². The zero-order valence-electron chi connectivity index (χ0n) is 6.80. The molecule has 0 spiro atoms. The van der Waals surface area contributed by atoms with Gasteiger partial charge in [-0.3, -0.25) is 0 Å². The maximum Gasteiger partial charge on any atom is 0.445 e. The van der Waals surface area contributed by atoms with Crippen molar-refractivity contribution in [2.45, 2.75) is 31.9 Å². The van der Waals surface area contributed by atoms with Crippen molar-refractivity contribution in [2.24, 2.45) is 5.92 Å². The minimum atomic E-state index is -5.17. The standard InChI is InChI=1S/C8H9F5/c9-6(5-3-1-2-4-5)7(10)8(11,12)13/h5H,1-4H2/b7-6+. The molecule has 0 amide bonds. The van der Waals surface area contributed by atoms with Crippen LogP contribution >= 0.6 is 0 Å². The van der Waals surface area contributed by atoms with Crippen LogP contribution in [0.15, 0.2) is 11.7 Å². The summed E-state index contributed by atoms with van der Waals surface area (Å²) >= 11 is 0. The molecular formula is C8H9F5. The highest BCUT2D eigenvalue weighted by atomic mass is 19.4.